The number of aliphatic imine (C=N–C) groups is 1. The average Bonchev–Trinajstić information content (AvgIpc) is 1.83. The third kappa shape index (κ3) is 3.74. The Labute approximate surface area is 52.0 Å². The molecule has 0 aliphatic heterocycles. The fraction of sp³-hybridized carbons (Fsp3) is 0.500. The summed E-state index contributed by atoms with van der Waals surface area (Å²) in [6, 6.07) is 0. The first-order valence-corrected chi connectivity index (χ1v) is 2.56. The molecule has 0 fully saturated rings. The van der Waals surface area contributed by atoms with Gasteiger partial charge in [0.15, 0.2) is 0 Å². The van der Waals surface area contributed by atoms with Crippen LogP contribution in [0.5, 0.6) is 0 Å². The Morgan fingerprint density at radius 1 is 1.88 bits per heavy atom. The molecular formula is C4H6ClFN2. The van der Waals surface area contributed by atoms with E-state index in [0.29, 0.717) is 0 Å². The first kappa shape index (κ1) is 7.56. The minimum atomic E-state index is -0.355. The average molecular weight is 137 g/mol. The normalized spacial score (nSPS) is 13.1. The van der Waals surface area contributed by atoms with Crippen LogP contribution in [-0.4, -0.2) is 11.5 Å². The van der Waals surface area contributed by atoms with E-state index in [1.807, 2.05) is 6.92 Å². The van der Waals surface area contributed by atoms with Crippen molar-refractivity contribution in [3.63, 3.8) is 0 Å². The number of hydrogen-bond donors (Lipinski definition) is 0. The summed E-state index contributed by atoms with van der Waals surface area (Å²) in [6.07, 6.45) is 2.21. The molecule has 0 rings (SSSR count). The van der Waals surface area contributed by atoms with Gasteiger partial charge in [0.2, 0.25) is 0 Å². The maximum atomic E-state index is 11.1. The van der Waals surface area contributed by atoms with Gasteiger partial charge >= 0.3 is 0 Å². The molecule has 0 atom stereocenters. The number of amidine groups is 1. The summed E-state index contributed by atoms with van der Waals surface area (Å²) in [4.78, 5) is 3.38. The van der Waals surface area contributed by atoms with E-state index in [1.165, 1.54) is 6.21 Å². The Hall–Kier alpha value is -0.440. The molecule has 0 aromatic carbocycles. The molecule has 0 bridgehead atoms. The first-order chi connectivity index (χ1) is 3.81. The number of nitrogens with zero attached hydrogens (tertiary/aromatic N) is 2. The van der Waals surface area contributed by atoms with E-state index in [9.17, 15) is 4.48 Å². The second-order valence-electron chi connectivity index (χ2n) is 1.07. The lowest BCUT2D eigenvalue weighted by molar-refractivity contribution is 0.538. The summed E-state index contributed by atoms with van der Waals surface area (Å²) in [7, 11) is 0. The van der Waals surface area contributed by atoms with Crippen LogP contribution in [0.4, 0.5) is 4.48 Å². The van der Waals surface area contributed by atoms with Crippen molar-refractivity contribution in [1.29, 1.82) is 0 Å². The molecule has 0 heterocycles. The molecular weight excluding hydrogens is 131 g/mol. The smallest absolute Gasteiger partial charge is 0.229 e. The Kier molecular flexibility index (Phi) is 4.45. The third-order valence-corrected chi connectivity index (χ3v) is 0.612. The van der Waals surface area contributed by atoms with E-state index < -0.39 is 0 Å². The largest absolute Gasteiger partial charge is 0.253 e. The summed E-state index contributed by atoms with van der Waals surface area (Å²) in [5.41, 5.74) is 0. The van der Waals surface area contributed by atoms with Gasteiger partial charge in [-0.1, -0.05) is 16.6 Å². The maximum Gasteiger partial charge on any atom is 0.253 e. The second-order valence-corrected chi connectivity index (χ2v) is 1.41. The van der Waals surface area contributed by atoms with Gasteiger partial charge in [0.25, 0.3) is 5.29 Å². The number of halogens is 2. The predicted octanol–water partition coefficient (Wildman–Crippen LogP) is 1.95. The molecule has 0 aliphatic carbocycles. The van der Waals surface area contributed by atoms with Crippen LogP contribution in [0.1, 0.15) is 13.3 Å². The van der Waals surface area contributed by atoms with Gasteiger partial charge in [-0.3, -0.25) is 0 Å². The molecule has 0 spiro atoms. The Morgan fingerprint density at radius 2 is 2.50 bits per heavy atom. The van der Waals surface area contributed by atoms with Crippen LogP contribution >= 0.6 is 11.6 Å². The summed E-state index contributed by atoms with van der Waals surface area (Å²) in [6.45, 7) is 1.87. The van der Waals surface area contributed by atoms with Crippen molar-refractivity contribution in [2.24, 2.45) is 10.2 Å². The van der Waals surface area contributed by atoms with Crippen LogP contribution in [0.2, 0.25) is 0 Å². The monoisotopic (exact) mass is 136 g/mol. The van der Waals surface area contributed by atoms with E-state index in [-0.39, 0.29) is 5.29 Å². The van der Waals surface area contributed by atoms with Gasteiger partial charge in [0.05, 0.1) is 0 Å². The summed E-state index contributed by atoms with van der Waals surface area (Å²) in [5, 5.41) is 1.76. The summed E-state index contributed by atoms with van der Waals surface area (Å²) < 4.78 is 11.1. The van der Waals surface area contributed by atoms with E-state index >= 15 is 0 Å². The van der Waals surface area contributed by atoms with Crippen LogP contribution in [0.15, 0.2) is 10.2 Å². The Balaban J connectivity index is 3.53. The molecule has 46 valence electrons. The van der Waals surface area contributed by atoms with Crippen LogP contribution in [-0.2, 0) is 0 Å². The SMILES string of the molecule is CCC=NC(Cl)=NF. The maximum absolute atomic E-state index is 11.1. The van der Waals surface area contributed by atoms with Crippen LogP contribution in [0.25, 0.3) is 0 Å². The molecule has 0 saturated heterocycles. The van der Waals surface area contributed by atoms with Crippen molar-refractivity contribution in [2.45, 2.75) is 13.3 Å². The highest BCUT2D eigenvalue weighted by molar-refractivity contribution is 6.65. The lowest BCUT2D eigenvalue weighted by atomic mass is 10.5. The van der Waals surface area contributed by atoms with Gasteiger partial charge in [0.1, 0.15) is 0 Å². The minimum Gasteiger partial charge on any atom is -0.229 e. The molecule has 0 radical (unpaired) electrons. The number of hydrogen-bond acceptors (Lipinski definition) is 1. The third-order valence-electron chi connectivity index (χ3n) is 0.450. The van der Waals surface area contributed by atoms with E-state index in [1.54, 1.807) is 0 Å². The van der Waals surface area contributed by atoms with E-state index in [2.05, 4.69) is 10.2 Å². The zero-order valence-corrected chi connectivity index (χ0v) is 5.19. The molecule has 0 amide bonds. The van der Waals surface area contributed by atoms with Crippen LogP contribution < -0.4 is 0 Å². The molecule has 8 heavy (non-hydrogen) atoms. The lowest BCUT2D eigenvalue weighted by Crippen LogP contribution is -1.77. The van der Waals surface area contributed by atoms with Gasteiger partial charge in [-0.2, -0.15) is 0 Å². The Morgan fingerprint density at radius 3 is 2.88 bits per heavy atom. The highest BCUT2D eigenvalue weighted by atomic mass is 35.5. The van der Waals surface area contributed by atoms with E-state index in [0.717, 1.165) is 6.42 Å². The fourth-order valence-electron chi connectivity index (χ4n) is 0.188. The summed E-state index contributed by atoms with van der Waals surface area (Å²) >= 11 is 5.02. The number of rotatable bonds is 1. The molecule has 0 unspecified atom stereocenters. The minimum absolute atomic E-state index is 0.355. The standard InChI is InChI=1S/C4H6ClFN2/c1-2-3-7-4(5)8-6/h3H,2H2,1H3. The molecule has 0 aromatic heterocycles. The van der Waals surface area contributed by atoms with Gasteiger partial charge < -0.3 is 0 Å². The zero-order chi connectivity index (χ0) is 6.41. The fourth-order valence-corrected chi connectivity index (χ4v) is 0.257. The predicted molar refractivity (Wildman–Crippen MR) is 33.2 cm³/mol. The van der Waals surface area contributed by atoms with Crippen molar-refractivity contribution in [3.05, 3.63) is 0 Å². The summed E-state index contributed by atoms with van der Waals surface area (Å²) in [5.74, 6) is 0. The molecule has 0 N–H and O–H groups in total. The van der Waals surface area contributed by atoms with Gasteiger partial charge in [-0.05, 0) is 18.0 Å². The van der Waals surface area contributed by atoms with Crippen molar-refractivity contribution in [2.75, 3.05) is 0 Å². The molecule has 4 heteroatoms. The van der Waals surface area contributed by atoms with Crippen molar-refractivity contribution in [3.8, 4) is 0 Å². The molecule has 0 aromatic rings. The second kappa shape index (κ2) is 4.71. The van der Waals surface area contributed by atoms with E-state index in [4.69, 9.17) is 11.6 Å². The van der Waals surface area contributed by atoms with Gasteiger partial charge in [0, 0.05) is 6.21 Å². The van der Waals surface area contributed by atoms with Gasteiger partial charge in [-0.25, -0.2) is 4.99 Å². The quantitative estimate of drug-likeness (QED) is 0.299. The first-order valence-electron chi connectivity index (χ1n) is 2.18. The lowest BCUT2D eigenvalue weighted by Gasteiger charge is -1.77. The Bertz CT molecular complexity index is 111. The molecule has 0 aliphatic rings. The molecule has 2 nitrogen and oxygen atoms in total. The highest BCUT2D eigenvalue weighted by Gasteiger charge is 1.81. The van der Waals surface area contributed by atoms with Crippen molar-refractivity contribution >= 4 is 23.1 Å². The zero-order valence-electron chi connectivity index (χ0n) is 4.43. The highest BCUT2D eigenvalue weighted by Crippen LogP contribution is 1.87. The van der Waals surface area contributed by atoms with Crippen molar-refractivity contribution in [1.82, 2.24) is 0 Å². The van der Waals surface area contributed by atoms with Gasteiger partial charge in [-0.15, -0.1) is 0 Å². The van der Waals surface area contributed by atoms with Crippen LogP contribution in [0, 0.1) is 0 Å². The topological polar surface area (TPSA) is 24.7 Å². The molecule has 0 saturated carbocycles. The van der Waals surface area contributed by atoms with Crippen LogP contribution in [0.3, 0.4) is 0 Å². The van der Waals surface area contributed by atoms with Crippen molar-refractivity contribution < 1.29 is 4.48 Å².